The third-order valence-corrected chi connectivity index (χ3v) is 5.38. The number of nitrogen functional groups attached to an aromatic ring is 1. The average molecular weight is 436 g/mol. The third kappa shape index (κ3) is 4.85. The lowest BCUT2D eigenvalue weighted by atomic mass is 10.2. The van der Waals surface area contributed by atoms with Crippen molar-refractivity contribution < 1.29 is 8.42 Å². The number of aryl methyl sites for hydroxylation is 1. The van der Waals surface area contributed by atoms with Crippen molar-refractivity contribution in [1.29, 1.82) is 0 Å². The van der Waals surface area contributed by atoms with Crippen molar-refractivity contribution in [2.24, 2.45) is 0 Å². The molecule has 0 aliphatic carbocycles. The van der Waals surface area contributed by atoms with Gasteiger partial charge in [-0.15, -0.1) is 0 Å². The predicted octanol–water partition coefficient (Wildman–Crippen LogP) is 1.83. The van der Waals surface area contributed by atoms with E-state index in [-0.39, 0.29) is 16.8 Å². The van der Waals surface area contributed by atoms with Gasteiger partial charge in [-0.2, -0.15) is 22.7 Å². The van der Waals surface area contributed by atoms with E-state index >= 15 is 0 Å². The van der Waals surface area contributed by atoms with Gasteiger partial charge < -0.3 is 11.1 Å². The summed E-state index contributed by atoms with van der Waals surface area (Å²) in [6.45, 7) is 1.71. The highest BCUT2D eigenvalue weighted by Crippen LogP contribution is 2.29. The zero-order valence-electron chi connectivity index (χ0n) is 15.8. The van der Waals surface area contributed by atoms with Gasteiger partial charge in [-0.1, -0.05) is 11.6 Å². The molecule has 4 N–H and O–H groups in total. The quantitative estimate of drug-likeness (QED) is 0.492. The van der Waals surface area contributed by atoms with E-state index in [0.29, 0.717) is 28.7 Å². The summed E-state index contributed by atoms with van der Waals surface area (Å²) >= 11 is 6.03. The highest BCUT2D eigenvalue weighted by atomic mass is 35.5. The van der Waals surface area contributed by atoms with Gasteiger partial charge in [0.1, 0.15) is 11.6 Å². The fourth-order valence-corrected chi connectivity index (χ4v) is 3.09. The van der Waals surface area contributed by atoms with Gasteiger partial charge in [0.05, 0.1) is 23.1 Å². The van der Waals surface area contributed by atoms with Gasteiger partial charge in [0.25, 0.3) is 0 Å². The van der Waals surface area contributed by atoms with E-state index in [1.807, 2.05) is 0 Å². The van der Waals surface area contributed by atoms with Crippen LogP contribution in [0.1, 0.15) is 5.82 Å². The summed E-state index contributed by atoms with van der Waals surface area (Å²) in [5.74, 6) is 1.33. The van der Waals surface area contributed by atoms with E-state index in [0.717, 1.165) is 4.31 Å². The van der Waals surface area contributed by atoms with E-state index in [1.165, 1.54) is 26.4 Å². The first-order valence-corrected chi connectivity index (χ1v) is 10.0. The van der Waals surface area contributed by atoms with Crippen molar-refractivity contribution in [3.8, 4) is 11.4 Å². The maximum absolute atomic E-state index is 12.1. The van der Waals surface area contributed by atoms with Gasteiger partial charge in [0.15, 0.2) is 11.0 Å². The van der Waals surface area contributed by atoms with Crippen LogP contribution in [0.4, 0.5) is 23.1 Å². The van der Waals surface area contributed by atoms with Gasteiger partial charge in [0, 0.05) is 20.3 Å². The van der Waals surface area contributed by atoms with E-state index in [2.05, 4.69) is 35.0 Å². The summed E-state index contributed by atoms with van der Waals surface area (Å²) in [5, 5.41) is 3.07. The number of hydrogen-bond acceptors (Lipinski definition) is 9. The minimum Gasteiger partial charge on any atom is -0.368 e. The summed E-state index contributed by atoms with van der Waals surface area (Å²) in [4.78, 5) is 20.7. The Labute approximate surface area is 172 Å². The van der Waals surface area contributed by atoms with Gasteiger partial charge in [-0.3, -0.25) is 4.72 Å². The van der Waals surface area contributed by atoms with Gasteiger partial charge in [-0.25, -0.2) is 15.0 Å². The molecule has 0 saturated heterocycles. The fourth-order valence-electron chi connectivity index (χ4n) is 2.26. The molecule has 3 rings (SSSR count). The summed E-state index contributed by atoms with van der Waals surface area (Å²) < 4.78 is 27.6. The first kappa shape index (κ1) is 20.6. The molecule has 13 heteroatoms. The molecule has 0 unspecified atom stereocenters. The Morgan fingerprint density at radius 2 is 1.93 bits per heavy atom. The molecular weight excluding hydrogens is 418 g/mol. The smallest absolute Gasteiger partial charge is 0.301 e. The molecule has 3 heterocycles. The molecule has 3 aromatic rings. The first-order chi connectivity index (χ1) is 13.7. The SMILES string of the molecule is Cc1nc(N)nc(-c2cccnc2Nc2cnc(Cl)c(NS(=O)(=O)N(C)C)c2)n1. The molecule has 3 aromatic heterocycles. The van der Waals surface area contributed by atoms with E-state index in [9.17, 15) is 8.42 Å². The van der Waals surface area contributed by atoms with Crippen molar-refractivity contribution >= 4 is 45.0 Å². The van der Waals surface area contributed by atoms with Crippen LogP contribution in [-0.4, -0.2) is 51.7 Å². The summed E-state index contributed by atoms with van der Waals surface area (Å²) in [6.07, 6.45) is 3.03. The number of anilines is 4. The number of hydrogen-bond donors (Lipinski definition) is 3. The lowest BCUT2D eigenvalue weighted by Gasteiger charge is -2.15. The molecule has 0 aliphatic heterocycles. The van der Waals surface area contributed by atoms with Crippen LogP contribution in [0, 0.1) is 6.92 Å². The van der Waals surface area contributed by atoms with Gasteiger partial charge in [-0.05, 0) is 25.1 Å². The highest BCUT2D eigenvalue weighted by Gasteiger charge is 2.17. The third-order valence-electron chi connectivity index (χ3n) is 3.63. The first-order valence-electron chi connectivity index (χ1n) is 8.22. The van der Waals surface area contributed by atoms with Gasteiger partial charge in [0.2, 0.25) is 5.95 Å². The molecular formula is C16H18ClN9O2S. The van der Waals surface area contributed by atoms with Crippen LogP contribution in [0.25, 0.3) is 11.4 Å². The Kier molecular flexibility index (Phi) is 5.77. The largest absolute Gasteiger partial charge is 0.368 e. The highest BCUT2D eigenvalue weighted by molar-refractivity contribution is 7.90. The van der Waals surface area contributed by atoms with Crippen LogP contribution < -0.4 is 15.8 Å². The topological polar surface area (TPSA) is 152 Å². The normalized spacial score (nSPS) is 11.5. The second kappa shape index (κ2) is 8.11. The predicted molar refractivity (Wildman–Crippen MR) is 111 cm³/mol. The molecule has 0 fully saturated rings. The number of halogens is 1. The number of pyridine rings is 2. The molecule has 0 bridgehead atoms. The number of nitrogens with one attached hydrogen (secondary N) is 2. The standard InChI is InChI=1S/C16H18ClN9O2S/c1-9-21-15(24-16(18)22-9)11-5-4-6-19-14(11)23-10-7-12(13(17)20-8-10)25-29(27,28)26(2)3/h4-8,25H,1-3H3,(H,19,23)(H2,18,21,22,24). The molecule has 0 amide bonds. The van der Waals surface area contributed by atoms with Crippen molar-refractivity contribution in [3.63, 3.8) is 0 Å². The molecule has 29 heavy (non-hydrogen) atoms. The van der Waals surface area contributed by atoms with E-state index < -0.39 is 10.2 Å². The summed E-state index contributed by atoms with van der Waals surface area (Å²) in [6, 6.07) is 5.00. The summed E-state index contributed by atoms with van der Waals surface area (Å²) in [5.41, 5.74) is 6.86. The Morgan fingerprint density at radius 3 is 2.62 bits per heavy atom. The van der Waals surface area contributed by atoms with Crippen LogP contribution in [0.3, 0.4) is 0 Å². The van der Waals surface area contributed by atoms with Crippen LogP contribution in [0.15, 0.2) is 30.6 Å². The molecule has 152 valence electrons. The maximum atomic E-state index is 12.1. The van der Waals surface area contributed by atoms with Crippen molar-refractivity contribution in [2.75, 3.05) is 29.9 Å². The molecule has 11 nitrogen and oxygen atoms in total. The molecule has 0 aromatic carbocycles. The van der Waals surface area contributed by atoms with Crippen molar-refractivity contribution in [2.45, 2.75) is 6.92 Å². The van der Waals surface area contributed by atoms with Gasteiger partial charge >= 0.3 is 10.2 Å². The van der Waals surface area contributed by atoms with Crippen LogP contribution in [0.2, 0.25) is 5.15 Å². The molecule has 0 saturated carbocycles. The Bertz CT molecular complexity index is 1130. The van der Waals surface area contributed by atoms with Crippen molar-refractivity contribution in [3.05, 3.63) is 41.6 Å². The van der Waals surface area contributed by atoms with E-state index in [4.69, 9.17) is 17.3 Å². The zero-order valence-corrected chi connectivity index (χ0v) is 17.3. The number of nitrogens with zero attached hydrogens (tertiary/aromatic N) is 6. The Morgan fingerprint density at radius 1 is 1.17 bits per heavy atom. The monoisotopic (exact) mass is 435 g/mol. The maximum Gasteiger partial charge on any atom is 0.301 e. The Hall–Kier alpha value is -3.09. The number of nitrogens with two attached hydrogens (primary N) is 1. The molecule has 0 radical (unpaired) electrons. The van der Waals surface area contributed by atoms with Crippen LogP contribution in [0.5, 0.6) is 0 Å². The average Bonchev–Trinajstić information content (AvgIpc) is 2.64. The minimum absolute atomic E-state index is 0.00286. The minimum atomic E-state index is -3.75. The number of aromatic nitrogens is 5. The zero-order chi connectivity index (χ0) is 21.2. The molecule has 0 aliphatic rings. The van der Waals surface area contributed by atoms with Crippen LogP contribution >= 0.6 is 11.6 Å². The second-order valence-corrected chi connectivity index (χ2v) is 8.28. The van der Waals surface area contributed by atoms with Crippen molar-refractivity contribution in [1.82, 2.24) is 29.2 Å². The number of rotatable bonds is 6. The fraction of sp³-hybridized carbons (Fsp3) is 0.188. The lowest BCUT2D eigenvalue weighted by molar-refractivity contribution is 0.527. The Balaban J connectivity index is 1.96. The van der Waals surface area contributed by atoms with Crippen LogP contribution in [-0.2, 0) is 10.2 Å². The second-order valence-electron chi connectivity index (χ2n) is 6.04. The lowest BCUT2D eigenvalue weighted by Crippen LogP contribution is -2.29. The van der Waals surface area contributed by atoms with E-state index in [1.54, 1.807) is 25.3 Å². The molecule has 0 atom stereocenters. The summed E-state index contributed by atoms with van der Waals surface area (Å²) in [7, 11) is -0.955. The molecule has 0 spiro atoms.